The average molecular weight is 1500 g/mol. The number of hydrogen-bond acceptors (Lipinski definition) is 11. The molecule has 102 heavy (non-hydrogen) atoms. The zero-order valence-corrected chi connectivity index (χ0v) is 70.4. The highest BCUT2D eigenvalue weighted by Gasteiger charge is 2.16. The topological polar surface area (TPSA) is 205 Å². The fourth-order valence-electron chi connectivity index (χ4n) is 9.96. The van der Waals surface area contributed by atoms with Crippen molar-refractivity contribution in [3.05, 3.63) is 239 Å². The molecule has 1 aliphatic carbocycles. The Labute approximate surface area is 635 Å². The summed E-state index contributed by atoms with van der Waals surface area (Å²) >= 11 is 9.22. The van der Waals surface area contributed by atoms with Gasteiger partial charge in [0.2, 0.25) is 0 Å². The number of carbonyl (C=O) groups is 2. The number of aryl methyl sites for hydroxylation is 4. The van der Waals surface area contributed by atoms with Gasteiger partial charge in [-0.2, -0.15) is 0 Å². The van der Waals surface area contributed by atoms with Crippen LogP contribution in [0.1, 0.15) is 291 Å². The van der Waals surface area contributed by atoms with E-state index in [2.05, 4.69) is 231 Å². The van der Waals surface area contributed by atoms with E-state index in [4.69, 9.17) is 57.2 Å². The average Bonchev–Trinajstić information content (AvgIpc) is 0.823. The predicted octanol–water partition coefficient (Wildman–Crippen LogP) is 22.3. The Balaban J connectivity index is -0.000000256. The second-order valence-electron chi connectivity index (χ2n) is 24.4. The molecule has 0 bridgehead atoms. The fourth-order valence-corrected chi connectivity index (χ4v) is 10.5. The van der Waals surface area contributed by atoms with Gasteiger partial charge in [-0.05, 0) is 249 Å². The Morgan fingerprint density at radius 2 is 0.765 bits per heavy atom. The van der Waals surface area contributed by atoms with Crippen LogP contribution >= 0.6 is 27.5 Å². The number of aliphatic hydroxyl groups is 8. The van der Waals surface area contributed by atoms with Gasteiger partial charge in [0.25, 0.3) is 0 Å². The highest BCUT2D eigenvalue weighted by atomic mass is 79.9. The SMILES string of the molecule is CCC(C)c1ccc(C)c(C)c1.CCC(C)c1ccc(Cl)cc1.CCC(C)c1ccc(OC)c(C)c1.CCC(C)c1cccc(Br)c1.CCC(C)c1cccc(C(=O)CO)c1.CCC(C)c1cccc(C(C)=O)c1.CCC(C)c1cccc2c1CCCC2.CO.CO.CO.CO.CO.CO.CO. The van der Waals surface area contributed by atoms with Crippen LogP contribution in [0.25, 0.3) is 0 Å². The van der Waals surface area contributed by atoms with Gasteiger partial charge in [-0.25, -0.2) is 0 Å². The number of benzene rings is 7. The first-order valence-corrected chi connectivity index (χ1v) is 37.5. The molecule has 0 spiro atoms. The van der Waals surface area contributed by atoms with Gasteiger partial charge in [0.05, 0.1) is 7.11 Å². The lowest BCUT2D eigenvalue weighted by molar-refractivity contribution is 0.0903. The first-order chi connectivity index (χ1) is 49.0. The monoisotopic (exact) mass is 1500 g/mol. The third-order valence-corrected chi connectivity index (χ3v) is 18.7. The highest BCUT2D eigenvalue weighted by molar-refractivity contribution is 9.10. The fraction of sp³-hybridized carbons (Fsp3) is 0.506. The van der Waals surface area contributed by atoms with Gasteiger partial charge in [-0.3, -0.25) is 9.59 Å². The second-order valence-corrected chi connectivity index (χ2v) is 25.8. The standard InChI is InChI=1S/C14H20.C12H16O2.C12H18O.C12H16O.C12H18.C10H13Br.C10H13Cl.7CH4O/c1-3-11(2)13-10-6-8-12-7-4-5-9-14(12)13;1-3-9(2)10-5-4-6-11(7-10)12(14)8-13;1-5-9(2)11-6-7-12(13-4)10(3)8-11;1-4-9(2)11-6-5-7-12(8-11)10(3)13;1-5-9(2)12-7-6-10(3)11(4)8-12;1-3-8(2)9-5-4-6-10(11)7-9;1-3-8(2)9-4-6-10(11)7-5-9;7*1-2/h6,8,10-11H,3-5,7,9H2,1-2H3;4-7,9,13H,3,8H2,1-2H3;6-9H,5H2,1-4H3;5-9H,4H2,1-3H3;6-9H,5H2,1-4H3;2*4-8H,3H2,1-2H3;7*2H,1H3. The summed E-state index contributed by atoms with van der Waals surface area (Å²) in [5.74, 6) is 5.31. The minimum atomic E-state index is -0.413. The van der Waals surface area contributed by atoms with Gasteiger partial charge in [-0.15, -0.1) is 0 Å². The number of halogens is 2. The number of ether oxygens (including phenoxy) is 1. The number of ketones is 2. The van der Waals surface area contributed by atoms with Crippen LogP contribution in [0.4, 0.5) is 0 Å². The third kappa shape index (κ3) is 44.7. The summed E-state index contributed by atoms with van der Waals surface area (Å²) in [5, 5.41) is 58.5. The number of methoxy groups -OCH3 is 1. The molecule has 7 unspecified atom stereocenters. The smallest absolute Gasteiger partial charge is 0.188 e. The predicted molar refractivity (Wildman–Crippen MR) is 445 cm³/mol. The molecule has 0 aromatic heterocycles. The summed E-state index contributed by atoms with van der Waals surface area (Å²) in [6.07, 6.45) is 13.6. The van der Waals surface area contributed by atoms with Crippen molar-refractivity contribution in [3.8, 4) is 5.75 Å². The summed E-state index contributed by atoms with van der Waals surface area (Å²) in [6, 6.07) is 52.1. The zero-order valence-electron chi connectivity index (χ0n) is 68.0. The van der Waals surface area contributed by atoms with Gasteiger partial charge >= 0.3 is 0 Å². The largest absolute Gasteiger partial charge is 0.496 e. The second kappa shape index (κ2) is 69.5. The summed E-state index contributed by atoms with van der Waals surface area (Å²) in [7, 11) is 8.71. The number of rotatable bonds is 18. The van der Waals surface area contributed by atoms with Crippen LogP contribution in [0.15, 0.2) is 156 Å². The Hall–Kier alpha value is -5.87. The van der Waals surface area contributed by atoms with E-state index >= 15 is 0 Å². The van der Waals surface area contributed by atoms with E-state index in [0.29, 0.717) is 41.1 Å². The van der Waals surface area contributed by atoms with Crippen molar-refractivity contribution in [2.75, 3.05) is 63.5 Å². The first-order valence-electron chi connectivity index (χ1n) is 36.3. The van der Waals surface area contributed by atoms with Crippen molar-refractivity contribution in [2.45, 2.75) is 237 Å². The van der Waals surface area contributed by atoms with E-state index in [1.165, 1.54) is 107 Å². The lowest BCUT2D eigenvalue weighted by Crippen LogP contribution is -2.07. The molecule has 0 heterocycles. The zero-order chi connectivity index (χ0) is 79.9. The lowest BCUT2D eigenvalue weighted by atomic mass is 9.83. The van der Waals surface area contributed by atoms with Crippen LogP contribution in [-0.4, -0.2) is 116 Å². The Morgan fingerprint density at radius 3 is 1.16 bits per heavy atom. The number of Topliss-reactive ketones (excluding diaryl/α,β-unsaturated/α-hetero) is 2. The molecule has 0 radical (unpaired) electrons. The molecule has 0 amide bonds. The molecule has 0 saturated heterocycles. The summed E-state index contributed by atoms with van der Waals surface area (Å²) in [4.78, 5) is 22.3. The maximum Gasteiger partial charge on any atom is 0.188 e. The molecule has 0 fully saturated rings. The molecule has 7 aromatic rings. The van der Waals surface area contributed by atoms with Crippen LogP contribution in [0.5, 0.6) is 5.75 Å². The minimum absolute atomic E-state index is 0.144. The Bertz CT molecular complexity index is 3110. The highest BCUT2D eigenvalue weighted by Crippen LogP contribution is 2.31. The van der Waals surface area contributed by atoms with Gasteiger partial charge in [0, 0.05) is 70.4 Å². The molecular formula is C89H142BrClO11. The molecule has 1 aliphatic rings. The molecular weight excluding hydrogens is 1360 g/mol. The molecule has 13 heteroatoms. The van der Waals surface area contributed by atoms with Crippen LogP contribution in [0.3, 0.4) is 0 Å². The van der Waals surface area contributed by atoms with E-state index in [0.717, 1.165) is 90.4 Å². The van der Waals surface area contributed by atoms with Gasteiger partial charge < -0.3 is 45.6 Å². The van der Waals surface area contributed by atoms with Crippen molar-refractivity contribution in [2.24, 2.45) is 0 Å². The molecule has 0 saturated carbocycles. The van der Waals surface area contributed by atoms with Crippen molar-refractivity contribution in [1.82, 2.24) is 0 Å². The summed E-state index contributed by atoms with van der Waals surface area (Å²) in [6.45, 7) is 38.7. The Morgan fingerprint density at radius 1 is 0.412 bits per heavy atom. The first kappa shape index (κ1) is 107. The number of hydrogen-bond donors (Lipinski definition) is 8. The lowest BCUT2D eigenvalue weighted by Gasteiger charge is -2.22. The van der Waals surface area contributed by atoms with E-state index in [1.807, 2.05) is 48.5 Å². The molecule has 11 nitrogen and oxygen atoms in total. The van der Waals surface area contributed by atoms with E-state index < -0.39 is 6.61 Å². The quantitative estimate of drug-likeness (QED) is 0.0380. The van der Waals surface area contributed by atoms with Crippen LogP contribution in [-0.2, 0) is 12.8 Å². The van der Waals surface area contributed by atoms with Crippen molar-refractivity contribution in [3.63, 3.8) is 0 Å². The van der Waals surface area contributed by atoms with Gasteiger partial charge in [-0.1, -0.05) is 234 Å². The van der Waals surface area contributed by atoms with Gasteiger partial charge in [0.15, 0.2) is 11.6 Å². The summed E-state index contributed by atoms with van der Waals surface area (Å²) in [5.41, 5.74) is 18.4. The van der Waals surface area contributed by atoms with Crippen molar-refractivity contribution >= 4 is 39.1 Å². The molecule has 7 aromatic carbocycles. The van der Waals surface area contributed by atoms with Crippen molar-refractivity contribution < 1.29 is 55.2 Å². The maximum absolute atomic E-state index is 11.2. The molecule has 578 valence electrons. The molecule has 8 N–H and O–H groups in total. The molecule has 8 rings (SSSR count). The van der Waals surface area contributed by atoms with E-state index in [1.54, 1.807) is 36.8 Å². The normalized spacial score (nSPS) is 12.1. The third-order valence-electron chi connectivity index (χ3n) is 18.0. The van der Waals surface area contributed by atoms with Crippen LogP contribution < -0.4 is 4.74 Å². The maximum atomic E-state index is 11.2. The summed E-state index contributed by atoms with van der Waals surface area (Å²) < 4.78 is 6.39. The molecule has 7 atom stereocenters. The number of carbonyl (C=O) groups excluding carboxylic acids is 2. The number of aliphatic hydroxyl groups excluding tert-OH is 8. The van der Waals surface area contributed by atoms with E-state index in [9.17, 15) is 9.59 Å². The van der Waals surface area contributed by atoms with E-state index in [-0.39, 0.29) is 11.6 Å². The Kier molecular flexibility index (Phi) is 73.0. The molecule has 0 aliphatic heterocycles. The van der Waals surface area contributed by atoms with Crippen molar-refractivity contribution in [1.29, 1.82) is 0 Å². The minimum Gasteiger partial charge on any atom is -0.496 e. The van der Waals surface area contributed by atoms with Crippen LogP contribution in [0.2, 0.25) is 5.02 Å². The van der Waals surface area contributed by atoms with Crippen LogP contribution in [0, 0.1) is 20.8 Å². The van der Waals surface area contributed by atoms with Gasteiger partial charge in [0.1, 0.15) is 12.4 Å². The number of fused-ring (bicyclic) bond motifs is 1.